The van der Waals surface area contributed by atoms with E-state index in [-0.39, 0.29) is 0 Å². The van der Waals surface area contributed by atoms with Crippen molar-refractivity contribution in [3.05, 3.63) is 66.2 Å². The highest BCUT2D eigenvalue weighted by molar-refractivity contribution is 5.71. The summed E-state index contributed by atoms with van der Waals surface area (Å²) in [6.07, 6.45) is 5.05. The predicted octanol–water partition coefficient (Wildman–Crippen LogP) is 3.17. The normalized spacial score (nSPS) is 16.8. The first kappa shape index (κ1) is 19.7. The summed E-state index contributed by atoms with van der Waals surface area (Å²) in [5.74, 6) is 1.83. The predicted molar refractivity (Wildman–Crippen MR) is 126 cm³/mol. The number of nitrogens with zero attached hydrogens (tertiary/aromatic N) is 8. The van der Waals surface area contributed by atoms with Crippen LogP contribution in [0.15, 0.2) is 55.0 Å². The molecule has 0 bridgehead atoms. The van der Waals surface area contributed by atoms with Crippen LogP contribution in [0.5, 0.6) is 0 Å². The largest absolute Gasteiger partial charge is 0.355 e. The molecule has 1 fully saturated rings. The Balaban J connectivity index is 1.40. The molecule has 2 aliphatic heterocycles. The molecule has 4 aromatic rings. The SMILES string of the molecule is CN(C)C1CCN(c2ccc3c(n2)Cn2cc(-c4ccc(C#N)cc4)cc2-c2nncn2-3)C1. The van der Waals surface area contributed by atoms with Gasteiger partial charge in [0.05, 0.1) is 35.3 Å². The molecule has 6 rings (SSSR count). The van der Waals surface area contributed by atoms with Crippen molar-refractivity contribution in [1.82, 2.24) is 29.2 Å². The van der Waals surface area contributed by atoms with Crippen molar-refractivity contribution in [3.8, 4) is 34.4 Å². The van der Waals surface area contributed by atoms with Crippen molar-refractivity contribution in [1.29, 1.82) is 5.26 Å². The Morgan fingerprint density at radius 1 is 1.09 bits per heavy atom. The maximum Gasteiger partial charge on any atom is 0.185 e. The van der Waals surface area contributed by atoms with E-state index in [1.807, 2.05) is 28.8 Å². The lowest BCUT2D eigenvalue weighted by Crippen LogP contribution is -2.31. The molecule has 0 saturated carbocycles. The first-order valence-corrected chi connectivity index (χ1v) is 11.1. The monoisotopic (exact) mass is 436 g/mol. The Labute approximate surface area is 192 Å². The second kappa shape index (κ2) is 7.57. The first-order chi connectivity index (χ1) is 16.1. The summed E-state index contributed by atoms with van der Waals surface area (Å²) in [6, 6.07) is 16.8. The lowest BCUT2D eigenvalue weighted by atomic mass is 10.1. The van der Waals surface area contributed by atoms with E-state index in [2.05, 4.69) is 69.1 Å². The van der Waals surface area contributed by atoms with Crippen LogP contribution in [0, 0.1) is 11.3 Å². The van der Waals surface area contributed by atoms with Gasteiger partial charge in [0.2, 0.25) is 0 Å². The Kier molecular flexibility index (Phi) is 4.52. The van der Waals surface area contributed by atoms with E-state index in [0.29, 0.717) is 18.2 Å². The van der Waals surface area contributed by atoms with Gasteiger partial charge in [-0.25, -0.2) is 4.98 Å². The third-order valence-electron chi connectivity index (χ3n) is 6.75. The fourth-order valence-electron chi connectivity index (χ4n) is 4.84. The average Bonchev–Trinajstić information content (AvgIpc) is 3.58. The Morgan fingerprint density at radius 2 is 1.94 bits per heavy atom. The quantitative estimate of drug-likeness (QED) is 0.432. The van der Waals surface area contributed by atoms with Crippen LogP contribution in [-0.4, -0.2) is 62.4 Å². The maximum atomic E-state index is 9.10. The fraction of sp³-hybridized carbons (Fsp3) is 0.280. The van der Waals surface area contributed by atoms with Crippen LogP contribution in [0.2, 0.25) is 0 Å². The van der Waals surface area contributed by atoms with Crippen LogP contribution in [0.1, 0.15) is 17.7 Å². The number of pyridine rings is 1. The smallest absolute Gasteiger partial charge is 0.185 e. The lowest BCUT2D eigenvalue weighted by Gasteiger charge is -2.22. The molecule has 5 heterocycles. The van der Waals surface area contributed by atoms with Gasteiger partial charge in [0.25, 0.3) is 0 Å². The summed E-state index contributed by atoms with van der Waals surface area (Å²) >= 11 is 0. The standard InChI is InChI=1S/C25H24N8/c1-30(2)20-9-10-31(14-20)24-8-7-22-21(28-24)15-32-13-19(18-5-3-17(12-26)4-6-18)11-23(32)25-29-27-16-33(22)25/h3-8,11,13,16,20H,9-10,14-15H2,1-2H3. The molecule has 33 heavy (non-hydrogen) atoms. The van der Waals surface area contributed by atoms with Gasteiger partial charge in [-0.15, -0.1) is 10.2 Å². The molecule has 0 spiro atoms. The first-order valence-electron chi connectivity index (χ1n) is 11.1. The van der Waals surface area contributed by atoms with Gasteiger partial charge in [-0.2, -0.15) is 5.26 Å². The molecule has 1 atom stereocenters. The number of benzene rings is 1. The minimum absolute atomic E-state index is 0.557. The summed E-state index contributed by atoms with van der Waals surface area (Å²) in [7, 11) is 4.29. The zero-order valence-corrected chi connectivity index (χ0v) is 18.7. The van der Waals surface area contributed by atoms with Gasteiger partial charge in [-0.1, -0.05) is 12.1 Å². The summed E-state index contributed by atoms with van der Waals surface area (Å²) in [4.78, 5) is 9.78. The van der Waals surface area contributed by atoms with Crippen LogP contribution >= 0.6 is 0 Å². The number of hydrogen-bond acceptors (Lipinski definition) is 6. The van der Waals surface area contributed by atoms with Crippen LogP contribution in [0.4, 0.5) is 5.82 Å². The highest BCUT2D eigenvalue weighted by atomic mass is 15.3. The maximum absolute atomic E-state index is 9.10. The third-order valence-corrected chi connectivity index (χ3v) is 6.75. The summed E-state index contributed by atoms with van der Waals surface area (Å²) < 4.78 is 4.23. The third kappa shape index (κ3) is 3.29. The molecule has 0 radical (unpaired) electrons. The topological polar surface area (TPSA) is 78.8 Å². The van der Waals surface area contributed by atoms with Gasteiger partial charge in [0, 0.05) is 30.9 Å². The van der Waals surface area contributed by atoms with Crippen LogP contribution in [-0.2, 0) is 6.54 Å². The Hall–Kier alpha value is -3.96. The van der Waals surface area contributed by atoms with E-state index in [4.69, 9.17) is 10.2 Å². The van der Waals surface area contributed by atoms with Gasteiger partial charge in [0.1, 0.15) is 12.1 Å². The molecule has 8 nitrogen and oxygen atoms in total. The number of aromatic nitrogens is 5. The minimum Gasteiger partial charge on any atom is -0.355 e. The molecule has 0 amide bonds. The molecule has 1 unspecified atom stereocenters. The van der Waals surface area contributed by atoms with Crippen LogP contribution in [0.25, 0.3) is 28.3 Å². The van der Waals surface area contributed by atoms with E-state index in [1.165, 1.54) is 0 Å². The summed E-state index contributed by atoms with van der Waals surface area (Å²) in [5.41, 5.74) is 5.82. The van der Waals surface area contributed by atoms with Gasteiger partial charge < -0.3 is 14.4 Å². The molecule has 2 aliphatic rings. The molecule has 8 heteroatoms. The molecule has 1 saturated heterocycles. The minimum atomic E-state index is 0.557. The zero-order chi connectivity index (χ0) is 22.5. The van der Waals surface area contributed by atoms with E-state index in [0.717, 1.165) is 59.4 Å². The molecule has 0 N–H and O–H groups in total. The second-order valence-corrected chi connectivity index (χ2v) is 8.94. The number of anilines is 1. The second-order valence-electron chi connectivity index (χ2n) is 8.94. The van der Waals surface area contributed by atoms with Gasteiger partial charge >= 0.3 is 0 Å². The number of hydrogen-bond donors (Lipinski definition) is 0. The number of nitriles is 1. The molecule has 3 aromatic heterocycles. The molecule has 1 aromatic carbocycles. The van der Waals surface area contributed by atoms with Crippen molar-refractivity contribution >= 4 is 5.82 Å². The van der Waals surface area contributed by atoms with Crippen LogP contribution < -0.4 is 4.90 Å². The van der Waals surface area contributed by atoms with Gasteiger partial charge in [-0.3, -0.25) is 4.57 Å². The van der Waals surface area contributed by atoms with E-state index < -0.39 is 0 Å². The molecule has 0 aliphatic carbocycles. The molecule has 164 valence electrons. The molecular formula is C25H24N8. The lowest BCUT2D eigenvalue weighted by molar-refractivity contribution is 0.315. The van der Waals surface area contributed by atoms with Crippen molar-refractivity contribution in [2.75, 3.05) is 32.1 Å². The Bertz CT molecular complexity index is 1370. The van der Waals surface area contributed by atoms with Gasteiger partial charge in [-0.05, 0) is 56.4 Å². The Morgan fingerprint density at radius 3 is 2.70 bits per heavy atom. The highest BCUT2D eigenvalue weighted by Gasteiger charge is 2.27. The van der Waals surface area contributed by atoms with Crippen molar-refractivity contribution in [2.24, 2.45) is 0 Å². The van der Waals surface area contributed by atoms with E-state index in [1.54, 1.807) is 6.33 Å². The summed E-state index contributed by atoms with van der Waals surface area (Å²) in [6.45, 7) is 2.67. The fourth-order valence-corrected chi connectivity index (χ4v) is 4.84. The van der Waals surface area contributed by atoms with E-state index >= 15 is 0 Å². The number of rotatable bonds is 3. The van der Waals surface area contributed by atoms with E-state index in [9.17, 15) is 0 Å². The van der Waals surface area contributed by atoms with Crippen molar-refractivity contribution in [2.45, 2.75) is 19.0 Å². The van der Waals surface area contributed by atoms with Gasteiger partial charge in [0.15, 0.2) is 5.82 Å². The highest BCUT2D eigenvalue weighted by Crippen LogP contribution is 2.34. The summed E-state index contributed by atoms with van der Waals surface area (Å²) in [5, 5.41) is 17.7. The van der Waals surface area contributed by atoms with Crippen molar-refractivity contribution < 1.29 is 0 Å². The van der Waals surface area contributed by atoms with Crippen LogP contribution in [0.3, 0.4) is 0 Å². The number of likely N-dealkylation sites (N-methyl/N-ethyl adjacent to an activating group) is 1. The average molecular weight is 437 g/mol. The number of fused-ring (bicyclic) bond motifs is 5. The zero-order valence-electron chi connectivity index (χ0n) is 18.7. The van der Waals surface area contributed by atoms with Crippen molar-refractivity contribution in [3.63, 3.8) is 0 Å². The molecular weight excluding hydrogens is 412 g/mol.